The Morgan fingerprint density at radius 3 is 2.83 bits per heavy atom. The Balaban J connectivity index is 1.73. The number of aryl methyl sites for hydroxylation is 2. The van der Waals surface area contributed by atoms with Crippen LogP contribution < -0.4 is 0 Å². The molecular weight excluding hydrogens is 282 g/mol. The second-order valence-electron chi connectivity index (χ2n) is 6.39. The molecule has 1 aliphatic carbocycles. The molecule has 0 aromatic carbocycles. The minimum Gasteiger partial charge on any atom is -0.257 e. The molecule has 116 valence electrons. The molecule has 3 heterocycles. The van der Waals surface area contributed by atoms with Gasteiger partial charge in [-0.3, -0.25) is 4.98 Å². The molecule has 1 fully saturated rings. The lowest BCUT2D eigenvalue weighted by Crippen LogP contribution is -1.98. The number of hydrogen-bond acceptors (Lipinski definition) is 2. The summed E-state index contributed by atoms with van der Waals surface area (Å²) < 4.78 is 1.93. The van der Waals surface area contributed by atoms with E-state index in [1.165, 1.54) is 24.1 Å². The first-order chi connectivity index (χ1) is 11.2. The van der Waals surface area contributed by atoms with Crippen LogP contribution in [-0.4, -0.2) is 14.6 Å². The van der Waals surface area contributed by atoms with Gasteiger partial charge in [0, 0.05) is 29.1 Å². The van der Waals surface area contributed by atoms with Crippen LogP contribution in [0.25, 0.3) is 11.1 Å². The van der Waals surface area contributed by atoms with Crippen molar-refractivity contribution in [2.24, 2.45) is 0 Å². The second-order valence-corrected chi connectivity index (χ2v) is 6.39. The maximum absolute atomic E-state index is 4.79. The predicted octanol–water partition coefficient (Wildman–Crippen LogP) is 4.54. The summed E-state index contributed by atoms with van der Waals surface area (Å²) in [6, 6.07) is 8.61. The Hall–Kier alpha value is -2.42. The highest BCUT2D eigenvalue weighted by molar-refractivity contribution is 5.81. The lowest BCUT2D eigenvalue weighted by atomic mass is 9.98. The fourth-order valence-corrected chi connectivity index (χ4v) is 3.15. The summed E-state index contributed by atoms with van der Waals surface area (Å²) in [6.45, 7) is 8.56. The topological polar surface area (TPSA) is 30.2 Å². The van der Waals surface area contributed by atoms with Crippen molar-refractivity contribution in [2.75, 3.05) is 0 Å². The van der Waals surface area contributed by atoms with Crippen LogP contribution in [0, 0.1) is 6.92 Å². The Bertz CT molecular complexity index is 900. The molecule has 0 N–H and O–H groups in total. The molecular formula is C20H21N3. The van der Waals surface area contributed by atoms with Gasteiger partial charge in [-0.1, -0.05) is 19.6 Å². The van der Waals surface area contributed by atoms with Gasteiger partial charge in [0.2, 0.25) is 0 Å². The molecule has 0 spiro atoms. The maximum atomic E-state index is 4.79. The summed E-state index contributed by atoms with van der Waals surface area (Å²) >= 11 is 0. The quantitative estimate of drug-likeness (QED) is 0.708. The molecule has 0 amide bonds. The number of hydrogen-bond donors (Lipinski definition) is 0. The normalized spacial score (nSPS) is 14.3. The molecule has 1 saturated carbocycles. The summed E-state index contributed by atoms with van der Waals surface area (Å²) in [5, 5.41) is 4.39. The van der Waals surface area contributed by atoms with Crippen molar-refractivity contribution < 1.29 is 0 Å². The Kier molecular flexibility index (Phi) is 3.29. The van der Waals surface area contributed by atoms with Crippen LogP contribution in [0.1, 0.15) is 53.8 Å². The van der Waals surface area contributed by atoms with Crippen molar-refractivity contribution in [3.05, 3.63) is 71.3 Å². The van der Waals surface area contributed by atoms with Crippen LogP contribution in [0.4, 0.5) is 0 Å². The van der Waals surface area contributed by atoms with E-state index in [4.69, 9.17) is 4.98 Å². The van der Waals surface area contributed by atoms with E-state index in [2.05, 4.69) is 49.8 Å². The fourth-order valence-electron chi connectivity index (χ4n) is 3.15. The van der Waals surface area contributed by atoms with Crippen molar-refractivity contribution in [2.45, 2.75) is 39.0 Å². The first-order valence-corrected chi connectivity index (χ1v) is 8.31. The van der Waals surface area contributed by atoms with Crippen molar-refractivity contribution in [3.8, 4) is 0 Å². The van der Waals surface area contributed by atoms with Gasteiger partial charge in [0.1, 0.15) is 0 Å². The average molecular weight is 303 g/mol. The zero-order valence-corrected chi connectivity index (χ0v) is 13.7. The monoisotopic (exact) mass is 303 g/mol. The average Bonchev–Trinajstić information content (AvgIpc) is 3.33. The number of aromatic nitrogens is 3. The smallest absolute Gasteiger partial charge is 0.0699 e. The maximum Gasteiger partial charge on any atom is 0.0699 e. The van der Waals surface area contributed by atoms with Gasteiger partial charge in [-0.2, -0.15) is 5.10 Å². The molecule has 1 aliphatic rings. The first-order valence-electron chi connectivity index (χ1n) is 8.31. The zero-order chi connectivity index (χ0) is 16.0. The van der Waals surface area contributed by atoms with E-state index in [1.54, 1.807) is 0 Å². The largest absolute Gasteiger partial charge is 0.257 e. The van der Waals surface area contributed by atoms with E-state index in [-0.39, 0.29) is 0 Å². The number of nitrogens with zero attached hydrogens (tertiary/aromatic N) is 3. The van der Waals surface area contributed by atoms with Gasteiger partial charge < -0.3 is 0 Å². The molecule has 0 saturated heterocycles. The minimum absolute atomic E-state index is 0.686. The highest BCUT2D eigenvalue weighted by Crippen LogP contribution is 2.39. The van der Waals surface area contributed by atoms with Gasteiger partial charge in [-0.15, -0.1) is 0 Å². The molecule has 0 aliphatic heterocycles. The highest BCUT2D eigenvalue weighted by Gasteiger charge is 2.25. The van der Waals surface area contributed by atoms with Gasteiger partial charge in [0.05, 0.1) is 11.7 Å². The minimum atomic E-state index is 0.686. The Labute approximate surface area is 136 Å². The van der Waals surface area contributed by atoms with Crippen molar-refractivity contribution in [1.29, 1.82) is 0 Å². The van der Waals surface area contributed by atoms with E-state index >= 15 is 0 Å². The fraction of sp³-hybridized carbons (Fsp3) is 0.300. The van der Waals surface area contributed by atoms with E-state index < -0.39 is 0 Å². The molecule has 0 atom stereocenters. The third-order valence-electron chi connectivity index (χ3n) is 4.76. The van der Waals surface area contributed by atoms with Crippen molar-refractivity contribution in [3.63, 3.8) is 0 Å². The Morgan fingerprint density at radius 1 is 1.30 bits per heavy atom. The van der Waals surface area contributed by atoms with E-state index in [9.17, 15) is 0 Å². The lowest BCUT2D eigenvalue weighted by molar-refractivity contribution is 0.959. The van der Waals surface area contributed by atoms with E-state index in [1.807, 2.05) is 16.9 Å². The molecule has 23 heavy (non-hydrogen) atoms. The van der Waals surface area contributed by atoms with Crippen LogP contribution in [-0.2, 0) is 6.42 Å². The summed E-state index contributed by atoms with van der Waals surface area (Å²) in [5.74, 6) is 0.686. The SMILES string of the molecule is C=C(c1ccn2ncc(CC)c2c1)c1ccc(C2CC2)nc1C. The summed E-state index contributed by atoms with van der Waals surface area (Å²) in [4.78, 5) is 4.79. The Morgan fingerprint density at radius 2 is 2.13 bits per heavy atom. The van der Waals surface area contributed by atoms with Gasteiger partial charge >= 0.3 is 0 Å². The second kappa shape index (κ2) is 5.34. The van der Waals surface area contributed by atoms with E-state index in [0.717, 1.165) is 34.3 Å². The standard InChI is InChI=1S/C20H21N3/c1-4-15-12-21-23-10-9-17(11-20(15)23)13(2)18-7-8-19(16-5-6-16)22-14(18)3/h7-12,16H,2,4-6H2,1,3H3. The number of fused-ring (bicyclic) bond motifs is 1. The highest BCUT2D eigenvalue weighted by atomic mass is 15.2. The molecule has 3 nitrogen and oxygen atoms in total. The predicted molar refractivity (Wildman–Crippen MR) is 93.7 cm³/mol. The lowest BCUT2D eigenvalue weighted by Gasteiger charge is -2.11. The molecule has 0 radical (unpaired) electrons. The van der Waals surface area contributed by atoms with Crippen LogP contribution >= 0.6 is 0 Å². The molecule has 0 unspecified atom stereocenters. The van der Waals surface area contributed by atoms with Crippen LogP contribution in [0.5, 0.6) is 0 Å². The van der Waals surface area contributed by atoms with Crippen LogP contribution in [0.3, 0.4) is 0 Å². The van der Waals surface area contributed by atoms with Gasteiger partial charge in [0.25, 0.3) is 0 Å². The van der Waals surface area contributed by atoms with Crippen LogP contribution in [0.2, 0.25) is 0 Å². The third-order valence-corrected chi connectivity index (χ3v) is 4.76. The first kappa shape index (κ1) is 14.2. The summed E-state index contributed by atoms with van der Waals surface area (Å²) in [6.07, 6.45) is 7.50. The van der Waals surface area contributed by atoms with Crippen LogP contribution in [0.15, 0.2) is 43.2 Å². The summed E-state index contributed by atoms with van der Waals surface area (Å²) in [7, 11) is 0. The molecule has 3 heteroatoms. The van der Waals surface area contributed by atoms with Crippen molar-refractivity contribution >= 4 is 11.1 Å². The van der Waals surface area contributed by atoms with Gasteiger partial charge in [0.15, 0.2) is 0 Å². The van der Waals surface area contributed by atoms with Gasteiger partial charge in [-0.05, 0) is 61.1 Å². The molecule has 4 rings (SSSR count). The zero-order valence-electron chi connectivity index (χ0n) is 13.7. The molecule has 3 aromatic rings. The van der Waals surface area contributed by atoms with Gasteiger partial charge in [-0.25, -0.2) is 4.52 Å². The number of rotatable bonds is 4. The van der Waals surface area contributed by atoms with Crippen molar-refractivity contribution in [1.82, 2.24) is 14.6 Å². The molecule has 0 bridgehead atoms. The third kappa shape index (κ3) is 2.46. The van der Waals surface area contributed by atoms with E-state index in [0.29, 0.717) is 5.92 Å². The molecule has 3 aromatic heterocycles. The number of pyridine rings is 2. The summed E-state index contributed by atoms with van der Waals surface area (Å²) in [5.41, 5.74) is 8.03.